The van der Waals surface area contributed by atoms with Crippen molar-refractivity contribution in [3.05, 3.63) is 45.5 Å². The summed E-state index contributed by atoms with van der Waals surface area (Å²) in [6.07, 6.45) is 2.98. The van der Waals surface area contributed by atoms with Gasteiger partial charge < -0.3 is 14.4 Å². The number of aryl methyl sites for hydroxylation is 1. The molecule has 3 heterocycles. The van der Waals surface area contributed by atoms with Gasteiger partial charge in [-0.1, -0.05) is 0 Å². The Balaban J connectivity index is 1.84. The SMILES string of the molecule is Cc1ccc(C2CCCN2C(=O)c2cc(C(=O)O)co2)s1. The van der Waals surface area contributed by atoms with Crippen molar-refractivity contribution in [3.63, 3.8) is 0 Å². The number of hydrogen-bond acceptors (Lipinski definition) is 4. The summed E-state index contributed by atoms with van der Waals surface area (Å²) in [5, 5.41) is 8.89. The van der Waals surface area contributed by atoms with E-state index in [0.29, 0.717) is 6.54 Å². The lowest BCUT2D eigenvalue weighted by atomic mass is 10.2. The molecule has 5 nitrogen and oxygen atoms in total. The number of carboxylic acids is 1. The van der Waals surface area contributed by atoms with Crippen molar-refractivity contribution in [2.24, 2.45) is 0 Å². The Labute approximate surface area is 125 Å². The van der Waals surface area contributed by atoms with Crippen LogP contribution in [0.4, 0.5) is 0 Å². The minimum atomic E-state index is -1.09. The summed E-state index contributed by atoms with van der Waals surface area (Å²) in [7, 11) is 0. The molecule has 1 N–H and O–H groups in total. The maximum atomic E-state index is 12.5. The van der Waals surface area contributed by atoms with Crippen LogP contribution in [0, 0.1) is 6.92 Å². The van der Waals surface area contributed by atoms with E-state index in [1.54, 1.807) is 16.2 Å². The first kappa shape index (κ1) is 13.9. The molecule has 0 aromatic carbocycles. The highest BCUT2D eigenvalue weighted by Crippen LogP contribution is 2.36. The van der Waals surface area contributed by atoms with Crippen molar-refractivity contribution in [2.45, 2.75) is 25.8 Å². The molecule has 6 heteroatoms. The number of aromatic carboxylic acids is 1. The third-order valence-corrected chi connectivity index (χ3v) is 4.76. The van der Waals surface area contributed by atoms with E-state index in [1.807, 2.05) is 6.92 Å². The normalized spacial score (nSPS) is 18.1. The largest absolute Gasteiger partial charge is 0.478 e. The molecule has 0 spiro atoms. The van der Waals surface area contributed by atoms with Crippen molar-refractivity contribution >= 4 is 23.2 Å². The summed E-state index contributed by atoms with van der Waals surface area (Å²) >= 11 is 1.69. The highest BCUT2D eigenvalue weighted by atomic mass is 32.1. The molecule has 1 aliphatic heterocycles. The Morgan fingerprint density at radius 2 is 2.24 bits per heavy atom. The fourth-order valence-electron chi connectivity index (χ4n) is 2.64. The van der Waals surface area contributed by atoms with E-state index in [0.717, 1.165) is 19.1 Å². The van der Waals surface area contributed by atoms with Crippen LogP contribution in [0.5, 0.6) is 0 Å². The van der Waals surface area contributed by atoms with Gasteiger partial charge in [-0.25, -0.2) is 4.79 Å². The molecule has 0 radical (unpaired) electrons. The summed E-state index contributed by atoms with van der Waals surface area (Å²) in [5.41, 5.74) is 0.000986. The maximum absolute atomic E-state index is 12.5. The monoisotopic (exact) mass is 305 g/mol. The van der Waals surface area contributed by atoms with E-state index in [-0.39, 0.29) is 23.3 Å². The minimum absolute atomic E-state index is 0.000986. The van der Waals surface area contributed by atoms with Crippen molar-refractivity contribution < 1.29 is 19.1 Å². The van der Waals surface area contributed by atoms with Gasteiger partial charge in [0.15, 0.2) is 5.76 Å². The summed E-state index contributed by atoms with van der Waals surface area (Å²) in [6.45, 7) is 2.71. The number of carbonyl (C=O) groups excluding carboxylic acids is 1. The van der Waals surface area contributed by atoms with E-state index in [4.69, 9.17) is 9.52 Å². The average Bonchev–Trinajstić information content (AvgIpc) is 3.17. The van der Waals surface area contributed by atoms with Gasteiger partial charge in [0.25, 0.3) is 5.91 Å². The fourth-order valence-corrected chi connectivity index (χ4v) is 3.67. The van der Waals surface area contributed by atoms with Gasteiger partial charge in [-0.15, -0.1) is 11.3 Å². The van der Waals surface area contributed by atoms with Crippen LogP contribution in [-0.4, -0.2) is 28.4 Å². The lowest BCUT2D eigenvalue weighted by molar-refractivity contribution is 0.0691. The Hall–Kier alpha value is -2.08. The molecule has 21 heavy (non-hydrogen) atoms. The van der Waals surface area contributed by atoms with E-state index in [9.17, 15) is 9.59 Å². The molecule has 2 aromatic heterocycles. The van der Waals surface area contributed by atoms with Gasteiger partial charge in [0.05, 0.1) is 11.6 Å². The lowest BCUT2D eigenvalue weighted by Crippen LogP contribution is -2.29. The molecule has 110 valence electrons. The number of carboxylic acid groups (broad SMARTS) is 1. The molecule has 1 amide bonds. The van der Waals surface area contributed by atoms with Crippen LogP contribution in [0.3, 0.4) is 0 Å². The Bertz CT molecular complexity index is 687. The standard InChI is InChI=1S/C15H15NO4S/c1-9-4-5-13(21-9)11-3-2-6-16(11)14(17)12-7-10(8-20-12)15(18)19/h4-5,7-8,11H,2-3,6H2,1H3,(H,18,19). The van der Waals surface area contributed by atoms with Gasteiger partial charge in [0.1, 0.15) is 6.26 Å². The maximum Gasteiger partial charge on any atom is 0.338 e. The number of carbonyl (C=O) groups is 2. The molecule has 0 bridgehead atoms. The molecule has 1 fully saturated rings. The molecular weight excluding hydrogens is 290 g/mol. The highest BCUT2D eigenvalue weighted by Gasteiger charge is 2.33. The van der Waals surface area contributed by atoms with Gasteiger partial charge in [-0.2, -0.15) is 0 Å². The molecule has 1 atom stereocenters. The lowest BCUT2D eigenvalue weighted by Gasteiger charge is -2.22. The topological polar surface area (TPSA) is 70.8 Å². The average molecular weight is 305 g/mol. The first-order chi connectivity index (χ1) is 10.1. The van der Waals surface area contributed by atoms with E-state index >= 15 is 0 Å². The van der Waals surface area contributed by atoms with Crippen LogP contribution >= 0.6 is 11.3 Å². The molecule has 3 rings (SSSR count). The number of amides is 1. The van der Waals surface area contributed by atoms with E-state index in [2.05, 4.69) is 12.1 Å². The molecule has 2 aromatic rings. The van der Waals surface area contributed by atoms with Gasteiger partial charge in [0, 0.05) is 22.4 Å². The van der Waals surface area contributed by atoms with Crippen LogP contribution in [0.2, 0.25) is 0 Å². The second kappa shape index (κ2) is 5.37. The summed E-state index contributed by atoms with van der Waals surface area (Å²) in [4.78, 5) is 27.5. The van der Waals surface area contributed by atoms with Gasteiger partial charge in [-0.3, -0.25) is 4.79 Å². The van der Waals surface area contributed by atoms with Crippen LogP contribution in [0.1, 0.15) is 49.6 Å². The minimum Gasteiger partial charge on any atom is -0.478 e. The zero-order chi connectivity index (χ0) is 15.0. The molecule has 1 aliphatic rings. The predicted molar refractivity (Wildman–Crippen MR) is 77.7 cm³/mol. The van der Waals surface area contributed by atoms with Crippen LogP contribution in [0.15, 0.2) is 28.9 Å². The molecular formula is C15H15NO4S. The van der Waals surface area contributed by atoms with E-state index in [1.165, 1.54) is 15.8 Å². The first-order valence-electron chi connectivity index (χ1n) is 6.75. The predicted octanol–water partition coefficient (Wildman–Crippen LogP) is 3.33. The number of thiophene rings is 1. The highest BCUT2D eigenvalue weighted by molar-refractivity contribution is 7.12. The number of likely N-dealkylation sites (tertiary alicyclic amines) is 1. The first-order valence-corrected chi connectivity index (χ1v) is 7.57. The fraction of sp³-hybridized carbons (Fsp3) is 0.333. The quantitative estimate of drug-likeness (QED) is 0.944. The summed E-state index contributed by atoms with van der Waals surface area (Å²) in [5.74, 6) is -1.24. The van der Waals surface area contributed by atoms with Gasteiger partial charge in [-0.05, 0) is 31.9 Å². The molecule has 1 unspecified atom stereocenters. The van der Waals surface area contributed by atoms with Crippen LogP contribution in [-0.2, 0) is 0 Å². The molecule has 0 saturated carbocycles. The number of nitrogens with zero attached hydrogens (tertiary/aromatic N) is 1. The molecule has 1 saturated heterocycles. The zero-order valence-corrected chi connectivity index (χ0v) is 12.4. The van der Waals surface area contributed by atoms with E-state index < -0.39 is 5.97 Å². The zero-order valence-electron chi connectivity index (χ0n) is 11.5. The Kier molecular flexibility index (Phi) is 3.55. The summed E-state index contributed by atoms with van der Waals surface area (Å²) in [6, 6.07) is 5.46. The number of furan rings is 1. The van der Waals surface area contributed by atoms with Crippen molar-refractivity contribution in [1.29, 1.82) is 0 Å². The van der Waals surface area contributed by atoms with Crippen molar-refractivity contribution in [2.75, 3.05) is 6.54 Å². The Morgan fingerprint density at radius 3 is 2.86 bits per heavy atom. The molecule has 0 aliphatic carbocycles. The second-order valence-electron chi connectivity index (χ2n) is 5.11. The van der Waals surface area contributed by atoms with Crippen LogP contribution in [0.25, 0.3) is 0 Å². The third-order valence-electron chi connectivity index (χ3n) is 3.66. The van der Waals surface area contributed by atoms with Gasteiger partial charge >= 0.3 is 5.97 Å². The van der Waals surface area contributed by atoms with Crippen molar-refractivity contribution in [1.82, 2.24) is 4.90 Å². The summed E-state index contributed by atoms with van der Waals surface area (Å²) < 4.78 is 5.12. The van der Waals surface area contributed by atoms with Crippen LogP contribution < -0.4 is 0 Å². The second-order valence-corrected chi connectivity index (χ2v) is 6.43. The van der Waals surface area contributed by atoms with Crippen molar-refractivity contribution in [3.8, 4) is 0 Å². The Morgan fingerprint density at radius 1 is 1.43 bits per heavy atom. The number of rotatable bonds is 3. The number of hydrogen-bond donors (Lipinski definition) is 1. The smallest absolute Gasteiger partial charge is 0.338 e. The van der Waals surface area contributed by atoms with Gasteiger partial charge in [0.2, 0.25) is 0 Å². The third kappa shape index (κ3) is 2.58.